The zero-order chi connectivity index (χ0) is 30.3. The predicted molar refractivity (Wildman–Crippen MR) is 172 cm³/mol. The third kappa shape index (κ3) is 8.74. The molecule has 231 valence electrons. The van der Waals surface area contributed by atoms with E-state index in [1.807, 2.05) is 53.8 Å². The summed E-state index contributed by atoms with van der Waals surface area (Å²) in [4.78, 5) is 20.3. The van der Waals surface area contributed by atoms with E-state index in [9.17, 15) is 9.90 Å². The van der Waals surface area contributed by atoms with Gasteiger partial charge in [-0.25, -0.2) is 4.98 Å². The monoisotopic (exact) mass is 758 g/mol. The first kappa shape index (κ1) is 34.4. The zero-order valence-electron chi connectivity index (χ0n) is 26.4. The number of hydrogen-bond acceptors (Lipinski definition) is 5. The molecule has 0 saturated heterocycles. The summed E-state index contributed by atoms with van der Waals surface area (Å²) >= 11 is 0. The summed E-state index contributed by atoms with van der Waals surface area (Å²) in [6, 6.07) is 18.1. The second-order valence-corrected chi connectivity index (χ2v) is 12.7. The molecule has 1 radical (unpaired) electrons. The number of pyridine rings is 2. The molecule has 0 spiro atoms. The maximum absolute atomic E-state index is 11.8. The van der Waals surface area contributed by atoms with Crippen LogP contribution < -0.4 is 4.74 Å². The maximum atomic E-state index is 11.8. The van der Waals surface area contributed by atoms with Crippen LogP contribution in [0.5, 0.6) is 11.6 Å². The van der Waals surface area contributed by atoms with E-state index in [0.717, 1.165) is 18.2 Å². The largest absolute Gasteiger partial charge is 0.512 e. The van der Waals surface area contributed by atoms with E-state index in [-0.39, 0.29) is 42.5 Å². The molecule has 2 aromatic carbocycles. The van der Waals surface area contributed by atoms with Crippen LogP contribution in [0.15, 0.2) is 72.9 Å². The number of rotatable bonds is 8. The first-order valence-electron chi connectivity index (χ1n) is 15.3. The SMILES string of the molecule is CCC(C)(C)C(=O)/C=C(\O)C(C)(C)CC.[Ir].[c-]1cnccc1Oc1cc2c(ccc3ccc(C4CCCCC4)cc32)cn1. The van der Waals surface area contributed by atoms with Gasteiger partial charge in [-0.1, -0.05) is 104 Å². The van der Waals surface area contributed by atoms with Gasteiger partial charge in [0, 0.05) is 54.7 Å². The molecule has 5 nitrogen and oxygen atoms in total. The molecule has 1 aliphatic rings. The number of benzene rings is 2. The van der Waals surface area contributed by atoms with Gasteiger partial charge in [0.25, 0.3) is 0 Å². The summed E-state index contributed by atoms with van der Waals surface area (Å²) in [6.07, 6.45) is 14.9. The number of aliphatic hydroxyl groups is 1. The standard InChI is InChI=1S/C24H21N2O.C13H24O2.Ir/c1-2-4-17(5-3-1)19-8-6-18-7-9-20-16-26-24(15-23(20)22(18)14-19)27-21-10-12-25-13-11-21;1-7-12(3,4)10(14)9-11(15)13(5,6)8-2;/h6-10,12-17H,1-5H2;9,14H,7-8H2,1-6H3;/q-1;;/b;10-9-;. The van der Waals surface area contributed by atoms with Gasteiger partial charge in [0.2, 0.25) is 5.88 Å². The minimum Gasteiger partial charge on any atom is -0.512 e. The quantitative estimate of drug-likeness (QED) is 0.0839. The Kier molecular flexibility index (Phi) is 12.1. The molecule has 43 heavy (non-hydrogen) atoms. The smallest absolute Gasteiger partial charge is 0.216 e. The fraction of sp³-hybridized carbons (Fsp3) is 0.432. The van der Waals surface area contributed by atoms with Gasteiger partial charge in [-0.15, -0.1) is 0 Å². The average Bonchev–Trinajstić information content (AvgIpc) is 3.01. The van der Waals surface area contributed by atoms with E-state index in [1.165, 1.54) is 59.9 Å². The van der Waals surface area contributed by atoms with Gasteiger partial charge in [-0.2, -0.15) is 12.1 Å². The predicted octanol–water partition coefficient (Wildman–Crippen LogP) is 10.3. The van der Waals surface area contributed by atoms with Crippen molar-refractivity contribution in [1.29, 1.82) is 0 Å². The Morgan fingerprint density at radius 2 is 1.60 bits per heavy atom. The van der Waals surface area contributed by atoms with Crippen molar-refractivity contribution in [2.24, 2.45) is 10.8 Å². The third-order valence-electron chi connectivity index (χ3n) is 9.00. The van der Waals surface area contributed by atoms with Gasteiger partial charge in [0.05, 0.1) is 0 Å². The second-order valence-electron chi connectivity index (χ2n) is 12.7. The van der Waals surface area contributed by atoms with Crippen molar-refractivity contribution in [3.63, 3.8) is 0 Å². The van der Waals surface area contributed by atoms with Crippen molar-refractivity contribution < 1.29 is 34.7 Å². The fourth-order valence-electron chi connectivity index (χ4n) is 5.04. The number of nitrogens with zero attached hydrogens (tertiary/aromatic N) is 2. The van der Waals surface area contributed by atoms with Crippen LogP contribution in [-0.2, 0) is 24.9 Å². The second kappa shape index (κ2) is 15.1. The van der Waals surface area contributed by atoms with E-state index >= 15 is 0 Å². The van der Waals surface area contributed by atoms with Crippen molar-refractivity contribution >= 4 is 27.3 Å². The maximum Gasteiger partial charge on any atom is 0.216 e. The van der Waals surface area contributed by atoms with Gasteiger partial charge < -0.3 is 14.8 Å². The number of carbonyl (C=O) groups excluding carboxylic acids is 1. The fourth-order valence-corrected chi connectivity index (χ4v) is 5.04. The van der Waals surface area contributed by atoms with Crippen LogP contribution in [-0.4, -0.2) is 20.9 Å². The minimum atomic E-state index is -0.377. The number of aliphatic hydroxyl groups excluding tert-OH is 1. The van der Waals surface area contributed by atoms with E-state index < -0.39 is 0 Å². The van der Waals surface area contributed by atoms with Crippen molar-refractivity contribution in [3.05, 3.63) is 84.5 Å². The summed E-state index contributed by atoms with van der Waals surface area (Å²) in [7, 11) is 0. The van der Waals surface area contributed by atoms with Crippen LogP contribution in [0.4, 0.5) is 0 Å². The van der Waals surface area contributed by atoms with Crippen LogP contribution in [0.3, 0.4) is 0 Å². The molecule has 0 unspecified atom stereocenters. The third-order valence-corrected chi connectivity index (χ3v) is 9.00. The summed E-state index contributed by atoms with van der Waals surface area (Å²) in [5, 5.41) is 14.7. The van der Waals surface area contributed by atoms with Crippen molar-refractivity contribution in [2.45, 2.75) is 92.4 Å². The van der Waals surface area contributed by atoms with Gasteiger partial charge in [-0.3, -0.25) is 4.79 Å². The number of hydrogen-bond donors (Lipinski definition) is 1. The van der Waals surface area contributed by atoms with E-state index in [1.54, 1.807) is 18.5 Å². The number of carbonyl (C=O) groups is 1. The Morgan fingerprint density at radius 1 is 0.953 bits per heavy atom. The van der Waals surface area contributed by atoms with E-state index in [0.29, 0.717) is 17.5 Å². The zero-order valence-corrected chi connectivity index (χ0v) is 28.8. The van der Waals surface area contributed by atoms with Gasteiger partial charge in [0.15, 0.2) is 5.78 Å². The van der Waals surface area contributed by atoms with Gasteiger partial charge in [0.1, 0.15) is 5.76 Å². The Morgan fingerprint density at radius 3 is 2.26 bits per heavy atom. The summed E-state index contributed by atoms with van der Waals surface area (Å²) in [5.74, 6) is 2.10. The van der Waals surface area contributed by atoms with Crippen LogP contribution >= 0.6 is 0 Å². The molecule has 0 bridgehead atoms. The molecule has 4 aromatic rings. The number of fused-ring (bicyclic) bond motifs is 3. The molecule has 0 atom stereocenters. The van der Waals surface area contributed by atoms with Gasteiger partial charge >= 0.3 is 0 Å². The molecule has 2 aromatic heterocycles. The first-order chi connectivity index (χ1) is 20.0. The van der Waals surface area contributed by atoms with Crippen molar-refractivity contribution in [2.75, 3.05) is 0 Å². The topological polar surface area (TPSA) is 72.3 Å². The Bertz CT molecular complexity index is 1540. The van der Waals surface area contributed by atoms with Gasteiger partial charge in [-0.05, 0) is 59.1 Å². The molecule has 6 heteroatoms. The summed E-state index contributed by atoms with van der Waals surface area (Å²) in [6.45, 7) is 11.7. The van der Waals surface area contributed by atoms with E-state index in [2.05, 4.69) is 46.4 Å². The van der Waals surface area contributed by atoms with Crippen molar-refractivity contribution in [1.82, 2.24) is 9.97 Å². The molecule has 1 N–H and O–H groups in total. The molecule has 1 aliphatic carbocycles. The number of ether oxygens (including phenoxy) is 1. The average molecular weight is 758 g/mol. The minimum absolute atomic E-state index is 0. The van der Waals surface area contributed by atoms with E-state index in [4.69, 9.17) is 4.74 Å². The van der Waals surface area contributed by atoms with Crippen LogP contribution in [0, 0.1) is 16.9 Å². The molecular formula is C37H45IrN2O3-. The molecule has 0 aliphatic heterocycles. The normalized spacial score (nSPS) is 14.5. The van der Waals surface area contributed by atoms with Crippen LogP contribution in [0.2, 0.25) is 0 Å². The molecule has 1 fully saturated rings. The molecule has 1 saturated carbocycles. The Balaban J connectivity index is 0.000000274. The molecule has 2 heterocycles. The Labute approximate surface area is 270 Å². The summed E-state index contributed by atoms with van der Waals surface area (Å²) < 4.78 is 5.88. The van der Waals surface area contributed by atoms with Crippen LogP contribution in [0.25, 0.3) is 21.5 Å². The summed E-state index contributed by atoms with van der Waals surface area (Å²) in [5.41, 5.74) is 0.786. The Hall–Kier alpha value is -3.08. The molecular weight excluding hydrogens is 713 g/mol. The first-order valence-corrected chi connectivity index (χ1v) is 15.3. The van der Waals surface area contributed by atoms with Crippen molar-refractivity contribution in [3.8, 4) is 11.6 Å². The molecule has 5 rings (SSSR count). The molecule has 0 amide bonds. The van der Waals surface area contributed by atoms with Crippen LogP contribution in [0.1, 0.15) is 98.0 Å². The number of ketones is 1. The number of allylic oxidation sites excluding steroid dienone is 2. The number of aromatic nitrogens is 2.